The Morgan fingerprint density at radius 1 is 1.30 bits per heavy atom. The number of nitrogens with one attached hydrogen (secondary N) is 1. The third-order valence-electron chi connectivity index (χ3n) is 5.80. The Hall–Kier alpha value is -2.81. The Balaban J connectivity index is 1.69. The fraction of sp³-hybridized carbons (Fsp3) is 0.476. The zero-order valence-electron chi connectivity index (χ0n) is 15.5. The first-order valence-corrected chi connectivity index (χ1v) is 9.47. The van der Waals surface area contributed by atoms with E-state index in [1.54, 1.807) is 13.3 Å². The first-order valence-electron chi connectivity index (χ1n) is 9.47. The molecule has 0 amide bonds. The molecular formula is C21H23N3O3. The molecule has 4 rings (SSSR count). The van der Waals surface area contributed by atoms with Gasteiger partial charge in [0.1, 0.15) is 0 Å². The van der Waals surface area contributed by atoms with Gasteiger partial charge in [-0.1, -0.05) is 6.07 Å². The molecule has 0 bridgehead atoms. The second-order valence-electron chi connectivity index (χ2n) is 7.45. The van der Waals surface area contributed by atoms with Gasteiger partial charge >= 0.3 is 5.69 Å². The van der Waals surface area contributed by atoms with Crippen molar-refractivity contribution < 1.29 is 9.47 Å². The molecule has 2 aliphatic rings. The molecular weight excluding hydrogens is 342 g/mol. The minimum Gasteiger partial charge on any atom is -0.493 e. The summed E-state index contributed by atoms with van der Waals surface area (Å²) in [4.78, 5) is 18.1. The van der Waals surface area contributed by atoms with Crippen molar-refractivity contribution in [3.8, 4) is 17.6 Å². The second kappa shape index (κ2) is 7.07. The number of hydrogen-bond acceptors (Lipinski definition) is 5. The summed E-state index contributed by atoms with van der Waals surface area (Å²) in [6.07, 6.45) is 8.13. The van der Waals surface area contributed by atoms with Crippen LogP contribution in [0, 0.1) is 11.3 Å². The highest BCUT2D eigenvalue weighted by Crippen LogP contribution is 2.41. The van der Waals surface area contributed by atoms with Crippen molar-refractivity contribution in [2.24, 2.45) is 0 Å². The van der Waals surface area contributed by atoms with Crippen LogP contribution in [0.25, 0.3) is 0 Å². The number of aromatic nitrogens is 2. The molecule has 1 saturated carbocycles. The molecule has 6 nitrogen and oxygen atoms in total. The number of ether oxygens (including phenoxy) is 2. The van der Waals surface area contributed by atoms with E-state index in [-0.39, 0.29) is 11.8 Å². The first kappa shape index (κ1) is 17.6. The van der Waals surface area contributed by atoms with Gasteiger partial charge in [0.15, 0.2) is 11.5 Å². The number of H-pyrrole nitrogens is 1. The number of fused-ring (bicyclic) bond motifs is 1. The monoisotopic (exact) mass is 365 g/mol. The summed E-state index contributed by atoms with van der Waals surface area (Å²) in [6, 6.07) is 8.33. The zero-order chi connectivity index (χ0) is 18.9. The van der Waals surface area contributed by atoms with Gasteiger partial charge in [-0.15, -0.1) is 0 Å². The van der Waals surface area contributed by atoms with Crippen LogP contribution in [0.2, 0.25) is 0 Å². The largest absolute Gasteiger partial charge is 0.493 e. The number of methoxy groups -OCH3 is 1. The molecule has 0 saturated heterocycles. The summed E-state index contributed by atoms with van der Waals surface area (Å²) in [6.45, 7) is 0. The number of hydrogen-bond donors (Lipinski definition) is 1. The summed E-state index contributed by atoms with van der Waals surface area (Å²) in [5.74, 6) is 1.41. The topological polar surface area (TPSA) is 88.0 Å². The normalized spacial score (nSPS) is 22.1. The summed E-state index contributed by atoms with van der Waals surface area (Å²) in [5.41, 5.74) is 1.74. The van der Waals surface area contributed by atoms with Crippen molar-refractivity contribution in [1.29, 1.82) is 5.26 Å². The lowest BCUT2D eigenvalue weighted by atomic mass is 9.69. The minimum atomic E-state index is -0.660. The maximum absolute atomic E-state index is 11.5. The molecule has 2 aromatic rings. The predicted molar refractivity (Wildman–Crippen MR) is 100 cm³/mol. The van der Waals surface area contributed by atoms with E-state index in [4.69, 9.17) is 9.47 Å². The van der Waals surface area contributed by atoms with Crippen molar-refractivity contribution in [3.63, 3.8) is 0 Å². The Morgan fingerprint density at radius 3 is 2.85 bits per heavy atom. The first-order chi connectivity index (χ1) is 13.1. The molecule has 2 aliphatic carbocycles. The predicted octanol–water partition coefficient (Wildman–Crippen LogP) is 3.05. The quantitative estimate of drug-likeness (QED) is 0.900. The number of aryl methyl sites for hydroxylation is 1. The highest BCUT2D eigenvalue weighted by Gasteiger charge is 2.37. The van der Waals surface area contributed by atoms with E-state index in [2.05, 4.69) is 16.0 Å². The van der Waals surface area contributed by atoms with Crippen molar-refractivity contribution >= 4 is 0 Å². The van der Waals surface area contributed by atoms with E-state index < -0.39 is 5.41 Å². The van der Waals surface area contributed by atoms with E-state index in [1.807, 2.05) is 18.2 Å². The molecule has 1 aromatic heterocycles. The van der Waals surface area contributed by atoms with Crippen LogP contribution in [0.4, 0.5) is 0 Å². The highest BCUT2D eigenvalue weighted by atomic mass is 16.5. The summed E-state index contributed by atoms with van der Waals surface area (Å²) < 4.78 is 11.7. The summed E-state index contributed by atoms with van der Waals surface area (Å²) >= 11 is 0. The molecule has 0 aliphatic heterocycles. The summed E-state index contributed by atoms with van der Waals surface area (Å²) in [5, 5.41) is 10.1. The molecule has 1 unspecified atom stereocenters. The molecule has 1 N–H and O–H groups in total. The van der Waals surface area contributed by atoms with Crippen molar-refractivity contribution in [2.75, 3.05) is 7.11 Å². The average Bonchev–Trinajstić information content (AvgIpc) is 3.20. The SMILES string of the molecule is COc1ccc(C2(C#N)CCc3[nH]c(=O)ncc3C2)cc1OC1CCCC1. The Kier molecular flexibility index (Phi) is 4.61. The van der Waals surface area contributed by atoms with Gasteiger partial charge in [0.25, 0.3) is 0 Å². The lowest BCUT2D eigenvalue weighted by molar-refractivity contribution is 0.200. The molecule has 27 heavy (non-hydrogen) atoms. The number of benzene rings is 1. The third kappa shape index (κ3) is 3.30. The van der Waals surface area contributed by atoms with Crippen LogP contribution in [-0.4, -0.2) is 23.2 Å². The van der Waals surface area contributed by atoms with Gasteiger partial charge in [0, 0.05) is 11.9 Å². The Morgan fingerprint density at radius 2 is 2.11 bits per heavy atom. The molecule has 1 heterocycles. The van der Waals surface area contributed by atoms with Gasteiger partial charge in [-0.2, -0.15) is 5.26 Å². The number of aromatic amines is 1. The molecule has 140 valence electrons. The fourth-order valence-electron chi connectivity index (χ4n) is 4.24. The van der Waals surface area contributed by atoms with Crippen molar-refractivity contribution in [3.05, 3.63) is 51.7 Å². The van der Waals surface area contributed by atoms with Crippen LogP contribution in [0.5, 0.6) is 11.5 Å². The van der Waals surface area contributed by atoms with E-state index in [0.29, 0.717) is 30.8 Å². The van der Waals surface area contributed by atoms with Gasteiger partial charge in [-0.25, -0.2) is 9.78 Å². The van der Waals surface area contributed by atoms with Gasteiger partial charge in [-0.3, -0.25) is 0 Å². The number of nitrogens with zero attached hydrogens (tertiary/aromatic N) is 2. The van der Waals surface area contributed by atoms with Crippen molar-refractivity contribution in [1.82, 2.24) is 9.97 Å². The summed E-state index contributed by atoms with van der Waals surface area (Å²) in [7, 11) is 1.63. The van der Waals surface area contributed by atoms with Gasteiger partial charge in [0.05, 0.1) is 24.7 Å². The van der Waals surface area contributed by atoms with Crippen LogP contribution >= 0.6 is 0 Å². The van der Waals surface area contributed by atoms with Crippen LogP contribution in [0.3, 0.4) is 0 Å². The Labute approximate surface area is 158 Å². The average molecular weight is 365 g/mol. The van der Waals surface area contributed by atoms with E-state index in [0.717, 1.165) is 29.7 Å². The smallest absolute Gasteiger partial charge is 0.345 e. The number of nitriles is 1. The lowest BCUT2D eigenvalue weighted by Gasteiger charge is -2.32. The molecule has 1 atom stereocenters. The molecule has 1 aromatic carbocycles. The van der Waals surface area contributed by atoms with Crippen LogP contribution in [0.15, 0.2) is 29.2 Å². The molecule has 6 heteroatoms. The Bertz CT molecular complexity index is 940. The number of rotatable bonds is 4. The fourth-order valence-corrected chi connectivity index (χ4v) is 4.24. The maximum atomic E-state index is 11.5. The molecule has 1 fully saturated rings. The maximum Gasteiger partial charge on any atom is 0.345 e. The highest BCUT2D eigenvalue weighted by molar-refractivity contribution is 5.49. The third-order valence-corrected chi connectivity index (χ3v) is 5.80. The molecule has 0 radical (unpaired) electrons. The van der Waals surface area contributed by atoms with Crippen LogP contribution in [0.1, 0.15) is 48.9 Å². The van der Waals surface area contributed by atoms with E-state index >= 15 is 0 Å². The van der Waals surface area contributed by atoms with Crippen LogP contribution in [-0.2, 0) is 18.3 Å². The second-order valence-corrected chi connectivity index (χ2v) is 7.45. The van der Waals surface area contributed by atoms with Crippen LogP contribution < -0.4 is 15.2 Å². The zero-order valence-corrected chi connectivity index (χ0v) is 15.5. The standard InChI is InChI=1S/C21H23N3O3/c1-26-18-7-6-15(10-19(18)27-16-4-2-3-5-16)21(13-22)9-8-17-14(11-21)12-23-20(25)24-17/h6-7,10,12,16H,2-5,8-9,11H2,1H3,(H,23,24,25). The van der Waals surface area contributed by atoms with Crippen molar-refractivity contribution in [2.45, 2.75) is 56.5 Å². The van der Waals surface area contributed by atoms with E-state index in [1.165, 1.54) is 12.8 Å². The van der Waals surface area contributed by atoms with E-state index in [9.17, 15) is 10.1 Å². The molecule has 0 spiro atoms. The lowest BCUT2D eigenvalue weighted by Crippen LogP contribution is -2.34. The van der Waals surface area contributed by atoms with Gasteiger partial charge in [-0.05, 0) is 68.2 Å². The minimum absolute atomic E-state index is 0.216. The van der Waals surface area contributed by atoms with Gasteiger partial charge in [0.2, 0.25) is 0 Å². The van der Waals surface area contributed by atoms with Gasteiger partial charge < -0.3 is 14.5 Å².